The van der Waals surface area contributed by atoms with Gasteiger partial charge in [-0.2, -0.15) is 0 Å². The molecule has 0 aromatic heterocycles. The highest BCUT2D eigenvalue weighted by molar-refractivity contribution is 6.23. The minimum atomic E-state index is -0.360. The number of hydrogen-bond acceptors (Lipinski definition) is 4. The fourth-order valence-corrected chi connectivity index (χ4v) is 1.84. The van der Waals surface area contributed by atoms with E-state index in [0.717, 1.165) is 17.9 Å². The van der Waals surface area contributed by atoms with Gasteiger partial charge in [-0.05, 0) is 25.8 Å². The molecule has 2 radical (unpaired) electrons. The van der Waals surface area contributed by atoms with Crippen LogP contribution in [0, 0.1) is 0 Å². The van der Waals surface area contributed by atoms with Gasteiger partial charge in [-0.25, -0.2) is 0 Å². The Morgan fingerprint density at radius 3 is 2.35 bits per heavy atom. The lowest BCUT2D eigenvalue weighted by Gasteiger charge is -2.12. The second kappa shape index (κ2) is 5.29. The minimum Gasteiger partial charge on any atom is -0.366 e. The predicted molar refractivity (Wildman–Crippen MR) is 61.6 cm³/mol. The number of nitrogens with zero attached hydrogens (tertiary/aromatic N) is 1. The largest absolute Gasteiger partial charge is 0.366 e. The molecule has 1 fully saturated rings. The molecule has 0 spiro atoms. The lowest BCUT2D eigenvalue weighted by atomic mass is 10.0. The van der Waals surface area contributed by atoms with E-state index >= 15 is 0 Å². The van der Waals surface area contributed by atoms with E-state index < -0.39 is 0 Å². The lowest BCUT2D eigenvalue weighted by Crippen LogP contribution is -2.30. The number of fused-ring (bicyclic) bond motifs is 1. The highest BCUT2D eigenvalue weighted by atomic mass is 16.7. The Kier molecular flexibility index (Phi) is 3.76. The highest BCUT2D eigenvalue weighted by Crippen LogP contribution is 2.29. The Labute approximate surface area is 101 Å². The summed E-state index contributed by atoms with van der Waals surface area (Å²) < 4.78 is 0. The molecule has 5 nitrogen and oxygen atoms in total. The average molecular weight is 232 g/mol. The maximum Gasteiger partial charge on any atom is 0.285 e. The van der Waals surface area contributed by atoms with Gasteiger partial charge in [0, 0.05) is 0 Å². The molecular weight excluding hydrogens is 219 g/mol. The van der Waals surface area contributed by atoms with E-state index in [1.54, 1.807) is 12.2 Å². The van der Waals surface area contributed by atoms with Crippen LogP contribution in [0.4, 0.5) is 0 Å². The summed E-state index contributed by atoms with van der Waals surface area (Å²) in [5.74, 6) is -0.719. The Bertz CT molecular complexity index is 372. The van der Waals surface area contributed by atoms with Crippen molar-refractivity contribution >= 4 is 19.8 Å². The fourth-order valence-electron chi connectivity index (χ4n) is 1.84. The number of rotatable bonds is 5. The smallest absolute Gasteiger partial charge is 0.285 e. The molecule has 88 valence electrons. The Morgan fingerprint density at radius 2 is 1.82 bits per heavy atom. The predicted octanol–water partition coefficient (Wildman–Crippen LogP) is -0.00340. The molecular formula is C11H13BN2O3. The zero-order valence-corrected chi connectivity index (χ0v) is 9.44. The minimum absolute atomic E-state index is 0.280. The molecule has 0 aromatic carbocycles. The molecule has 0 atom stereocenters. The van der Waals surface area contributed by atoms with Gasteiger partial charge >= 0.3 is 0 Å². The van der Waals surface area contributed by atoms with Gasteiger partial charge in [0.15, 0.2) is 7.98 Å². The fraction of sp³-hybridized carbons (Fsp3) is 0.455. The zero-order chi connectivity index (χ0) is 12.3. The van der Waals surface area contributed by atoms with Crippen molar-refractivity contribution in [2.75, 3.05) is 13.2 Å². The number of imide groups is 1. The quantitative estimate of drug-likeness (QED) is 0.411. The Hall–Kier alpha value is -1.40. The number of hydroxylamine groups is 2. The van der Waals surface area contributed by atoms with Gasteiger partial charge < -0.3 is 5.23 Å². The van der Waals surface area contributed by atoms with E-state index in [2.05, 4.69) is 5.23 Å². The number of amides is 2. The van der Waals surface area contributed by atoms with Crippen molar-refractivity contribution in [1.82, 2.24) is 10.3 Å². The van der Waals surface area contributed by atoms with Crippen molar-refractivity contribution in [2.24, 2.45) is 0 Å². The third-order valence-corrected chi connectivity index (χ3v) is 2.67. The van der Waals surface area contributed by atoms with E-state index in [1.165, 1.54) is 0 Å². The van der Waals surface area contributed by atoms with Gasteiger partial charge in [-0.3, -0.25) is 14.4 Å². The van der Waals surface area contributed by atoms with Crippen molar-refractivity contribution in [3.63, 3.8) is 0 Å². The third kappa shape index (κ3) is 2.32. The SMILES string of the molecule is [B]NCCCON1C(=O)C2=CCCC=C2C1=O. The van der Waals surface area contributed by atoms with E-state index in [1.807, 2.05) is 0 Å². The molecule has 6 heteroatoms. The second-order valence-electron chi connectivity index (χ2n) is 3.86. The van der Waals surface area contributed by atoms with Crippen molar-refractivity contribution in [3.8, 4) is 0 Å². The maximum absolute atomic E-state index is 11.8. The van der Waals surface area contributed by atoms with Crippen LogP contribution in [0.1, 0.15) is 19.3 Å². The van der Waals surface area contributed by atoms with Crippen molar-refractivity contribution < 1.29 is 14.4 Å². The average Bonchev–Trinajstić information content (AvgIpc) is 2.60. The van der Waals surface area contributed by atoms with Crippen molar-refractivity contribution in [2.45, 2.75) is 19.3 Å². The summed E-state index contributed by atoms with van der Waals surface area (Å²) in [7, 11) is 5.10. The van der Waals surface area contributed by atoms with E-state index in [9.17, 15) is 9.59 Å². The standard InChI is InChI=1S/C11H13BN2O3/c12-13-6-3-7-17-14-10(15)8-4-1-2-5-9(8)11(14)16/h4-5,13H,1-3,6-7H2. The summed E-state index contributed by atoms with van der Waals surface area (Å²) in [6.45, 7) is 0.851. The normalized spacial score (nSPS) is 19.2. The van der Waals surface area contributed by atoms with Crippen molar-refractivity contribution in [1.29, 1.82) is 0 Å². The van der Waals surface area contributed by atoms with Crippen LogP contribution >= 0.6 is 0 Å². The first-order chi connectivity index (χ1) is 8.25. The molecule has 2 aliphatic rings. The highest BCUT2D eigenvalue weighted by Gasteiger charge is 2.40. The first-order valence-corrected chi connectivity index (χ1v) is 5.61. The van der Waals surface area contributed by atoms with Crippen LogP contribution in [0.3, 0.4) is 0 Å². The van der Waals surface area contributed by atoms with Gasteiger partial charge in [0.05, 0.1) is 17.8 Å². The molecule has 1 N–H and O–H groups in total. The number of allylic oxidation sites excluding steroid dienone is 2. The molecule has 0 saturated carbocycles. The van der Waals surface area contributed by atoms with Crippen LogP contribution in [0.2, 0.25) is 0 Å². The maximum atomic E-state index is 11.8. The van der Waals surface area contributed by atoms with Gasteiger partial charge in [-0.15, -0.1) is 5.06 Å². The van der Waals surface area contributed by atoms with Gasteiger partial charge in [0.2, 0.25) is 0 Å². The number of carbonyl (C=O) groups is 2. The first-order valence-electron chi connectivity index (χ1n) is 5.61. The molecule has 0 unspecified atom stereocenters. The second-order valence-corrected chi connectivity index (χ2v) is 3.86. The van der Waals surface area contributed by atoms with Gasteiger partial charge in [0.25, 0.3) is 11.8 Å². The molecule has 1 heterocycles. The van der Waals surface area contributed by atoms with E-state index in [-0.39, 0.29) is 18.4 Å². The summed E-state index contributed by atoms with van der Waals surface area (Å²) in [6, 6.07) is 0. The first kappa shape index (κ1) is 12.1. The zero-order valence-electron chi connectivity index (χ0n) is 9.44. The van der Waals surface area contributed by atoms with Crippen LogP contribution in [0.15, 0.2) is 23.3 Å². The number of hydrogen-bond donors (Lipinski definition) is 1. The van der Waals surface area contributed by atoms with Gasteiger partial charge in [-0.1, -0.05) is 12.2 Å². The van der Waals surface area contributed by atoms with Crippen LogP contribution in [0.25, 0.3) is 0 Å². The molecule has 0 aromatic rings. The van der Waals surface area contributed by atoms with Crippen LogP contribution in [-0.4, -0.2) is 38.0 Å². The number of nitrogens with one attached hydrogen (secondary N) is 1. The van der Waals surface area contributed by atoms with Crippen LogP contribution in [0.5, 0.6) is 0 Å². The summed E-state index contributed by atoms with van der Waals surface area (Å²) in [6.07, 6.45) is 5.80. The number of carbonyl (C=O) groups excluding carboxylic acids is 2. The molecule has 2 amide bonds. The summed E-state index contributed by atoms with van der Waals surface area (Å²) >= 11 is 0. The summed E-state index contributed by atoms with van der Waals surface area (Å²) in [5, 5.41) is 3.32. The lowest BCUT2D eigenvalue weighted by molar-refractivity contribution is -0.185. The molecule has 0 bridgehead atoms. The molecule has 1 aliphatic heterocycles. The molecule has 2 rings (SSSR count). The van der Waals surface area contributed by atoms with Crippen LogP contribution in [-0.2, 0) is 14.4 Å². The Morgan fingerprint density at radius 1 is 1.24 bits per heavy atom. The third-order valence-electron chi connectivity index (χ3n) is 2.67. The monoisotopic (exact) mass is 232 g/mol. The van der Waals surface area contributed by atoms with Crippen molar-refractivity contribution in [3.05, 3.63) is 23.3 Å². The van der Waals surface area contributed by atoms with E-state index in [4.69, 9.17) is 12.8 Å². The summed E-state index contributed by atoms with van der Waals surface area (Å²) in [4.78, 5) is 28.9. The Balaban J connectivity index is 2.00. The molecule has 1 aliphatic carbocycles. The molecule has 1 saturated heterocycles. The van der Waals surface area contributed by atoms with E-state index in [0.29, 0.717) is 24.1 Å². The van der Waals surface area contributed by atoms with Gasteiger partial charge in [0.1, 0.15) is 0 Å². The molecule has 17 heavy (non-hydrogen) atoms. The topological polar surface area (TPSA) is 58.6 Å². The summed E-state index contributed by atoms with van der Waals surface area (Å²) in [5.41, 5.74) is 0.941. The van der Waals surface area contributed by atoms with Crippen LogP contribution < -0.4 is 5.23 Å².